The van der Waals surface area contributed by atoms with Gasteiger partial charge in [-0.25, -0.2) is 13.9 Å². The molecule has 5 rings (SSSR count). The average Bonchev–Trinajstić information content (AvgIpc) is 3.49. The van der Waals surface area contributed by atoms with Gasteiger partial charge < -0.3 is 10.6 Å². The van der Waals surface area contributed by atoms with Crippen LogP contribution in [0.3, 0.4) is 0 Å². The van der Waals surface area contributed by atoms with Crippen LogP contribution in [0.2, 0.25) is 0 Å². The Balaban J connectivity index is 1.38. The quantitative estimate of drug-likeness (QED) is 0.405. The lowest BCUT2D eigenvalue weighted by atomic mass is 9.96. The standard InChI is InChI=1S/C27H24FN5O3/c1-15-19(16(2)34)6-7-21-20(15)8-9-22(21)32-27(36)24-13-23(31-25-10-11-30-33(24)25)26(35)29-14-17-4-3-5-18(28)12-17/h3-7,10-13,22H,8-9,14H2,1-2H3,(H,29,35)(H,32,36)/t22-/m0/s1. The van der Waals surface area contributed by atoms with Crippen molar-refractivity contribution in [2.75, 3.05) is 0 Å². The molecule has 4 aromatic rings. The number of carbonyl (C=O) groups is 3. The van der Waals surface area contributed by atoms with Crippen LogP contribution in [0.25, 0.3) is 5.65 Å². The molecule has 36 heavy (non-hydrogen) atoms. The first kappa shape index (κ1) is 23.3. The summed E-state index contributed by atoms with van der Waals surface area (Å²) in [6.07, 6.45) is 2.97. The van der Waals surface area contributed by atoms with Crippen LogP contribution in [0.5, 0.6) is 0 Å². The van der Waals surface area contributed by atoms with Crippen LogP contribution in [0.4, 0.5) is 4.39 Å². The van der Waals surface area contributed by atoms with Gasteiger partial charge in [0, 0.05) is 24.2 Å². The van der Waals surface area contributed by atoms with Gasteiger partial charge >= 0.3 is 0 Å². The van der Waals surface area contributed by atoms with Crippen LogP contribution >= 0.6 is 0 Å². The van der Waals surface area contributed by atoms with Crippen molar-refractivity contribution in [3.8, 4) is 0 Å². The number of Topliss-reactive ketones (excluding diaryl/α,β-unsaturated/α-hetero) is 1. The van der Waals surface area contributed by atoms with Crippen molar-refractivity contribution in [1.82, 2.24) is 25.2 Å². The van der Waals surface area contributed by atoms with E-state index >= 15 is 0 Å². The molecule has 2 amide bonds. The Labute approximate surface area is 206 Å². The molecule has 2 N–H and O–H groups in total. The van der Waals surface area contributed by atoms with Crippen LogP contribution in [0.15, 0.2) is 54.7 Å². The lowest BCUT2D eigenvalue weighted by Crippen LogP contribution is -2.30. The Morgan fingerprint density at radius 2 is 1.94 bits per heavy atom. The van der Waals surface area contributed by atoms with E-state index in [9.17, 15) is 18.8 Å². The van der Waals surface area contributed by atoms with Crippen molar-refractivity contribution in [2.45, 2.75) is 39.3 Å². The van der Waals surface area contributed by atoms with E-state index in [1.807, 2.05) is 13.0 Å². The summed E-state index contributed by atoms with van der Waals surface area (Å²) in [7, 11) is 0. The van der Waals surface area contributed by atoms with E-state index in [2.05, 4.69) is 20.7 Å². The van der Waals surface area contributed by atoms with E-state index in [0.29, 0.717) is 23.2 Å². The fourth-order valence-electron chi connectivity index (χ4n) is 4.75. The zero-order valence-electron chi connectivity index (χ0n) is 19.8. The SMILES string of the molecule is CC(=O)c1ccc2c(c1C)CC[C@@H]2NC(=O)c1cc(C(=O)NCc2cccc(F)c2)nc2ccnn12. The maximum atomic E-state index is 13.4. The minimum absolute atomic E-state index is 0.0175. The number of rotatable bonds is 6. The minimum Gasteiger partial charge on any atom is -0.347 e. The number of nitrogens with zero attached hydrogens (tertiary/aromatic N) is 3. The van der Waals surface area contributed by atoms with Crippen molar-refractivity contribution in [3.63, 3.8) is 0 Å². The second-order valence-electron chi connectivity index (χ2n) is 8.87. The Hall–Kier alpha value is -4.40. The summed E-state index contributed by atoms with van der Waals surface area (Å²) in [6.45, 7) is 3.60. The minimum atomic E-state index is -0.490. The Kier molecular flexibility index (Phi) is 6.05. The molecule has 182 valence electrons. The first-order valence-electron chi connectivity index (χ1n) is 11.6. The van der Waals surface area contributed by atoms with E-state index < -0.39 is 11.8 Å². The predicted octanol–water partition coefficient (Wildman–Crippen LogP) is 3.73. The molecule has 0 saturated carbocycles. The Bertz CT molecular complexity index is 1530. The van der Waals surface area contributed by atoms with Crippen molar-refractivity contribution >= 4 is 23.2 Å². The van der Waals surface area contributed by atoms with Gasteiger partial charge in [0.05, 0.1) is 12.2 Å². The average molecular weight is 486 g/mol. The summed E-state index contributed by atoms with van der Waals surface area (Å²) in [4.78, 5) is 42.4. The number of halogens is 1. The fraction of sp³-hybridized carbons (Fsp3) is 0.222. The number of hydrogen-bond donors (Lipinski definition) is 2. The Morgan fingerprint density at radius 1 is 1.11 bits per heavy atom. The molecule has 9 heteroatoms. The topological polar surface area (TPSA) is 105 Å². The molecular weight excluding hydrogens is 461 g/mol. The van der Waals surface area contributed by atoms with Crippen LogP contribution in [0, 0.1) is 12.7 Å². The molecule has 0 saturated heterocycles. The zero-order valence-corrected chi connectivity index (χ0v) is 19.8. The van der Waals surface area contributed by atoms with Gasteiger partial charge in [0.1, 0.15) is 17.2 Å². The molecule has 0 spiro atoms. The zero-order chi connectivity index (χ0) is 25.4. The van der Waals surface area contributed by atoms with Crippen LogP contribution in [-0.4, -0.2) is 32.2 Å². The van der Waals surface area contributed by atoms with Crippen LogP contribution in [-0.2, 0) is 13.0 Å². The number of aromatic nitrogens is 3. The highest BCUT2D eigenvalue weighted by Gasteiger charge is 2.28. The van der Waals surface area contributed by atoms with Crippen LogP contribution in [0.1, 0.15) is 73.0 Å². The lowest BCUT2D eigenvalue weighted by Gasteiger charge is -2.16. The molecule has 2 aromatic carbocycles. The molecule has 8 nitrogen and oxygen atoms in total. The van der Waals surface area contributed by atoms with Gasteiger partial charge in [-0.15, -0.1) is 0 Å². The van der Waals surface area contributed by atoms with Crippen molar-refractivity contribution in [1.29, 1.82) is 0 Å². The molecule has 1 aliphatic carbocycles. The first-order valence-corrected chi connectivity index (χ1v) is 11.6. The lowest BCUT2D eigenvalue weighted by molar-refractivity contribution is 0.0927. The van der Waals surface area contributed by atoms with Crippen molar-refractivity contribution in [2.24, 2.45) is 0 Å². The van der Waals surface area contributed by atoms with E-state index in [1.165, 1.54) is 28.9 Å². The Morgan fingerprint density at radius 3 is 2.72 bits per heavy atom. The number of hydrogen-bond acceptors (Lipinski definition) is 5. The molecular formula is C27H24FN5O3. The normalized spacial score (nSPS) is 14.5. The van der Waals surface area contributed by atoms with Gasteiger partial charge in [0.25, 0.3) is 11.8 Å². The summed E-state index contributed by atoms with van der Waals surface area (Å²) in [5.41, 5.74) is 4.91. The van der Waals surface area contributed by atoms with Gasteiger partial charge in [0.15, 0.2) is 11.4 Å². The van der Waals surface area contributed by atoms with Gasteiger partial charge in [-0.05, 0) is 61.1 Å². The summed E-state index contributed by atoms with van der Waals surface area (Å²) in [5, 5.41) is 9.96. The number of nitrogens with one attached hydrogen (secondary N) is 2. The van der Waals surface area contributed by atoms with Crippen molar-refractivity contribution < 1.29 is 18.8 Å². The van der Waals surface area contributed by atoms with E-state index in [-0.39, 0.29) is 35.6 Å². The van der Waals surface area contributed by atoms with Gasteiger partial charge in [-0.3, -0.25) is 14.4 Å². The van der Waals surface area contributed by atoms with Gasteiger partial charge in [0.2, 0.25) is 0 Å². The third-order valence-electron chi connectivity index (χ3n) is 6.54. The fourth-order valence-corrected chi connectivity index (χ4v) is 4.75. The van der Waals surface area contributed by atoms with E-state index in [4.69, 9.17) is 0 Å². The number of fused-ring (bicyclic) bond motifs is 2. The summed E-state index contributed by atoms with van der Waals surface area (Å²) in [6, 6.07) is 12.4. The molecule has 0 fully saturated rings. The molecule has 0 aliphatic heterocycles. The van der Waals surface area contributed by atoms with Gasteiger partial charge in [-0.2, -0.15) is 5.10 Å². The van der Waals surface area contributed by atoms with E-state index in [1.54, 1.807) is 31.2 Å². The number of carbonyl (C=O) groups excluding carboxylic acids is 3. The highest BCUT2D eigenvalue weighted by Crippen LogP contribution is 2.35. The number of ketones is 1. The molecule has 0 radical (unpaired) electrons. The summed E-state index contributed by atoms with van der Waals surface area (Å²) >= 11 is 0. The van der Waals surface area contributed by atoms with Crippen molar-refractivity contribution in [3.05, 3.63) is 99.8 Å². The second-order valence-corrected chi connectivity index (χ2v) is 8.87. The van der Waals surface area contributed by atoms with E-state index in [0.717, 1.165) is 23.1 Å². The number of amides is 2. The van der Waals surface area contributed by atoms with Crippen LogP contribution < -0.4 is 10.6 Å². The summed E-state index contributed by atoms with van der Waals surface area (Å²) in [5.74, 6) is -1.25. The molecule has 2 aromatic heterocycles. The first-order chi connectivity index (χ1) is 17.3. The molecule has 1 aliphatic rings. The highest BCUT2D eigenvalue weighted by molar-refractivity contribution is 5.98. The predicted molar refractivity (Wildman–Crippen MR) is 130 cm³/mol. The largest absolute Gasteiger partial charge is 0.347 e. The maximum Gasteiger partial charge on any atom is 0.270 e. The molecule has 1 atom stereocenters. The molecule has 0 bridgehead atoms. The summed E-state index contributed by atoms with van der Waals surface area (Å²) < 4.78 is 14.8. The highest BCUT2D eigenvalue weighted by atomic mass is 19.1. The number of benzene rings is 2. The smallest absolute Gasteiger partial charge is 0.270 e. The second kappa shape index (κ2) is 9.33. The molecule has 2 heterocycles. The molecule has 0 unspecified atom stereocenters. The third kappa shape index (κ3) is 4.35. The van der Waals surface area contributed by atoms with Gasteiger partial charge in [-0.1, -0.05) is 24.3 Å². The monoisotopic (exact) mass is 485 g/mol. The maximum absolute atomic E-state index is 13.4. The third-order valence-corrected chi connectivity index (χ3v) is 6.54.